The molecule has 5 heteroatoms. The van der Waals surface area contributed by atoms with Crippen molar-refractivity contribution in [2.75, 3.05) is 20.6 Å². The summed E-state index contributed by atoms with van der Waals surface area (Å²) in [5.74, 6) is 0.961. The number of hydrogen-bond donors (Lipinski definition) is 2. The molecule has 0 aliphatic heterocycles. The van der Waals surface area contributed by atoms with Gasteiger partial charge in [-0.3, -0.25) is 4.90 Å². The minimum absolute atomic E-state index is 0.0617. The van der Waals surface area contributed by atoms with Crippen LogP contribution in [-0.2, 0) is 0 Å². The van der Waals surface area contributed by atoms with E-state index in [9.17, 15) is 0 Å². The highest BCUT2D eigenvalue weighted by molar-refractivity contribution is 6.64. The number of likely N-dealkylation sites (N-methyl/N-ethyl adjacent to an activating group) is 1. The van der Waals surface area contributed by atoms with Gasteiger partial charge >= 0.3 is 0 Å². The van der Waals surface area contributed by atoms with Crippen molar-refractivity contribution in [3.8, 4) is 0 Å². The van der Waals surface area contributed by atoms with Crippen molar-refractivity contribution in [1.82, 2.24) is 10.2 Å². The molecule has 2 atom stereocenters. The van der Waals surface area contributed by atoms with Gasteiger partial charge < -0.3 is 11.1 Å². The molecule has 1 fully saturated rings. The Balaban J connectivity index is 3.05. The van der Waals surface area contributed by atoms with Crippen LogP contribution in [0.3, 0.4) is 0 Å². The quantitative estimate of drug-likeness (QED) is 0.450. The fraction of sp³-hybridized carbons (Fsp3) is 0.938. The van der Waals surface area contributed by atoms with Gasteiger partial charge in [-0.1, -0.05) is 40.0 Å². The SMILES string of the molecule is CN/C(Cl)=N\C(C(C)C(C)C)N(C)C1(CN)CCCCC1. The molecule has 0 spiro atoms. The van der Waals surface area contributed by atoms with Crippen LogP contribution in [-0.4, -0.2) is 42.5 Å². The summed E-state index contributed by atoms with van der Waals surface area (Å²) in [6.07, 6.45) is 6.22. The number of nitrogens with two attached hydrogens (primary N) is 1. The Hall–Kier alpha value is -0.320. The van der Waals surface area contributed by atoms with E-state index in [0.29, 0.717) is 23.7 Å². The van der Waals surface area contributed by atoms with Crippen LogP contribution >= 0.6 is 11.6 Å². The predicted molar refractivity (Wildman–Crippen MR) is 92.8 cm³/mol. The molecule has 1 aliphatic carbocycles. The zero-order chi connectivity index (χ0) is 16.0. The van der Waals surface area contributed by atoms with E-state index in [1.165, 1.54) is 19.3 Å². The van der Waals surface area contributed by atoms with E-state index < -0.39 is 0 Å². The highest BCUT2D eigenvalue weighted by atomic mass is 35.5. The summed E-state index contributed by atoms with van der Waals surface area (Å²) in [6.45, 7) is 7.42. The number of nitrogens with zero attached hydrogens (tertiary/aromatic N) is 2. The Bertz CT molecular complexity index is 337. The average molecular weight is 317 g/mol. The molecule has 0 radical (unpaired) electrons. The summed E-state index contributed by atoms with van der Waals surface area (Å²) in [5.41, 5.74) is 6.25. The van der Waals surface area contributed by atoms with Gasteiger partial charge in [0.05, 0.1) is 0 Å². The van der Waals surface area contributed by atoms with Crippen LogP contribution in [0.5, 0.6) is 0 Å². The van der Waals surface area contributed by atoms with Crippen molar-refractivity contribution >= 4 is 16.9 Å². The van der Waals surface area contributed by atoms with E-state index in [1.807, 2.05) is 7.05 Å². The third-order valence-electron chi connectivity index (χ3n) is 5.28. The van der Waals surface area contributed by atoms with Gasteiger partial charge in [0, 0.05) is 19.1 Å². The van der Waals surface area contributed by atoms with Gasteiger partial charge in [0.15, 0.2) is 5.29 Å². The Morgan fingerprint density at radius 3 is 2.29 bits per heavy atom. The molecular formula is C16H33ClN4. The van der Waals surface area contributed by atoms with Gasteiger partial charge in [-0.25, -0.2) is 4.99 Å². The van der Waals surface area contributed by atoms with Gasteiger partial charge in [0.1, 0.15) is 6.17 Å². The number of hydrogen-bond acceptors (Lipinski definition) is 3. The van der Waals surface area contributed by atoms with Crippen LogP contribution < -0.4 is 11.1 Å². The molecule has 0 aromatic carbocycles. The van der Waals surface area contributed by atoms with Crippen molar-refractivity contribution in [3.63, 3.8) is 0 Å². The van der Waals surface area contributed by atoms with Crippen LogP contribution in [0.2, 0.25) is 0 Å². The number of aliphatic imine (C=N–C) groups is 1. The Labute approximate surface area is 135 Å². The van der Waals surface area contributed by atoms with Gasteiger partial charge in [0.2, 0.25) is 0 Å². The minimum Gasteiger partial charge on any atom is -0.364 e. The average Bonchev–Trinajstić information content (AvgIpc) is 2.51. The maximum absolute atomic E-state index is 6.18. The molecule has 0 bridgehead atoms. The van der Waals surface area contributed by atoms with Crippen molar-refractivity contribution in [3.05, 3.63) is 0 Å². The van der Waals surface area contributed by atoms with Crippen molar-refractivity contribution in [2.45, 2.75) is 64.6 Å². The normalized spacial score (nSPS) is 22.4. The Kier molecular flexibility index (Phi) is 7.45. The third-order valence-corrected chi connectivity index (χ3v) is 5.57. The fourth-order valence-electron chi connectivity index (χ4n) is 3.27. The van der Waals surface area contributed by atoms with Crippen LogP contribution in [0, 0.1) is 11.8 Å². The lowest BCUT2D eigenvalue weighted by molar-refractivity contribution is 0.0172. The summed E-state index contributed by atoms with van der Waals surface area (Å²) < 4.78 is 0. The molecule has 0 amide bonds. The molecule has 3 N–H and O–H groups in total. The highest BCUT2D eigenvalue weighted by Gasteiger charge is 2.40. The first-order valence-electron chi connectivity index (χ1n) is 8.22. The number of amidine groups is 1. The van der Waals surface area contributed by atoms with Gasteiger partial charge in [-0.15, -0.1) is 0 Å². The first-order valence-corrected chi connectivity index (χ1v) is 8.60. The second-order valence-corrected chi connectivity index (χ2v) is 7.14. The van der Waals surface area contributed by atoms with Crippen LogP contribution in [0.4, 0.5) is 0 Å². The van der Waals surface area contributed by atoms with E-state index in [-0.39, 0.29) is 11.7 Å². The van der Waals surface area contributed by atoms with E-state index >= 15 is 0 Å². The topological polar surface area (TPSA) is 53.7 Å². The van der Waals surface area contributed by atoms with Crippen molar-refractivity contribution in [2.24, 2.45) is 22.6 Å². The zero-order valence-corrected chi connectivity index (χ0v) is 15.1. The lowest BCUT2D eigenvalue weighted by atomic mass is 9.79. The predicted octanol–water partition coefficient (Wildman–Crippen LogP) is 3.01. The van der Waals surface area contributed by atoms with Crippen LogP contribution in [0.25, 0.3) is 0 Å². The van der Waals surface area contributed by atoms with Crippen molar-refractivity contribution < 1.29 is 0 Å². The summed E-state index contributed by atoms with van der Waals surface area (Å²) in [4.78, 5) is 7.12. The minimum atomic E-state index is 0.0617. The first-order chi connectivity index (χ1) is 9.88. The molecule has 1 rings (SSSR count). The first kappa shape index (κ1) is 18.7. The standard InChI is InChI=1S/C16H33ClN4/c1-12(2)13(3)14(20-15(17)19-4)21(5)16(11-18)9-7-6-8-10-16/h12-14H,6-11,18H2,1-5H3,(H,19,20). The summed E-state index contributed by atoms with van der Waals surface area (Å²) in [7, 11) is 3.98. The maximum Gasteiger partial charge on any atom is 0.192 e. The molecule has 1 saturated carbocycles. The smallest absolute Gasteiger partial charge is 0.192 e. The number of nitrogens with one attached hydrogen (secondary N) is 1. The summed E-state index contributed by atoms with van der Waals surface area (Å²) in [5, 5.41) is 3.41. The molecule has 0 saturated heterocycles. The van der Waals surface area contributed by atoms with E-state index in [4.69, 9.17) is 22.3 Å². The second kappa shape index (κ2) is 8.35. The molecule has 0 heterocycles. The molecular weight excluding hydrogens is 284 g/mol. The lowest BCUT2D eigenvalue weighted by Crippen LogP contribution is -2.58. The highest BCUT2D eigenvalue weighted by Crippen LogP contribution is 2.36. The molecule has 4 nitrogen and oxygen atoms in total. The second-order valence-electron chi connectivity index (χ2n) is 6.79. The van der Waals surface area contributed by atoms with Crippen LogP contribution in [0.15, 0.2) is 4.99 Å². The maximum atomic E-state index is 6.18. The lowest BCUT2D eigenvalue weighted by Gasteiger charge is -2.48. The van der Waals surface area contributed by atoms with Gasteiger partial charge in [0.25, 0.3) is 0 Å². The molecule has 0 aromatic rings. The van der Waals surface area contributed by atoms with E-state index in [0.717, 1.165) is 12.8 Å². The third kappa shape index (κ3) is 4.57. The molecule has 21 heavy (non-hydrogen) atoms. The van der Waals surface area contributed by atoms with Crippen LogP contribution in [0.1, 0.15) is 52.9 Å². The Morgan fingerprint density at radius 1 is 1.29 bits per heavy atom. The van der Waals surface area contributed by atoms with Gasteiger partial charge in [-0.2, -0.15) is 0 Å². The number of rotatable bonds is 6. The molecule has 2 unspecified atom stereocenters. The fourth-order valence-corrected chi connectivity index (χ4v) is 3.37. The molecule has 1 aliphatic rings. The molecule has 124 valence electrons. The summed E-state index contributed by atoms with van der Waals surface area (Å²) in [6, 6.07) is 0. The monoisotopic (exact) mass is 316 g/mol. The van der Waals surface area contributed by atoms with E-state index in [2.05, 4.69) is 38.0 Å². The van der Waals surface area contributed by atoms with Gasteiger partial charge in [-0.05, 0) is 43.3 Å². The zero-order valence-electron chi connectivity index (χ0n) is 14.3. The largest absolute Gasteiger partial charge is 0.364 e. The van der Waals surface area contributed by atoms with Crippen molar-refractivity contribution in [1.29, 1.82) is 0 Å². The summed E-state index contributed by atoms with van der Waals surface area (Å²) >= 11 is 6.16. The van der Waals surface area contributed by atoms with E-state index in [1.54, 1.807) is 0 Å². The number of halogens is 1. The molecule has 0 aromatic heterocycles. The Morgan fingerprint density at radius 2 is 1.86 bits per heavy atom.